The molecular formula is C24H32N2O4. The number of nitrogens with one attached hydrogen (secondary N) is 2. The molecule has 0 saturated carbocycles. The third-order valence-corrected chi connectivity index (χ3v) is 4.64. The van der Waals surface area contributed by atoms with Gasteiger partial charge in [-0.3, -0.25) is 4.79 Å². The van der Waals surface area contributed by atoms with Crippen molar-refractivity contribution in [3.8, 4) is 0 Å². The van der Waals surface area contributed by atoms with Gasteiger partial charge in [-0.05, 0) is 64.3 Å². The van der Waals surface area contributed by atoms with Crippen molar-refractivity contribution in [1.82, 2.24) is 5.32 Å². The summed E-state index contributed by atoms with van der Waals surface area (Å²) in [7, 11) is 0. The molecule has 0 bridgehead atoms. The number of hydrogen-bond donors (Lipinski definition) is 2. The first kappa shape index (κ1) is 23.4. The maximum absolute atomic E-state index is 13.1. The lowest BCUT2D eigenvalue weighted by molar-refractivity contribution is -0.122. The van der Waals surface area contributed by atoms with Crippen LogP contribution in [0.4, 0.5) is 10.5 Å². The van der Waals surface area contributed by atoms with Crippen LogP contribution in [0.5, 0.6) is 0 Å². The molecule has 2 aromatic carbocycles. The summed E-state index contributed by atoms with van der Waals surface area (Å²) in [6, 6.07) is 14.4. The molecule has 0 aliphatic rings. The van der Waals surface area contributed by atoms with Crippen molar-refractivity contribution in [2.45, 2.75) is 65.9 Å². The number of carbonyl (C=O) groups excluding carboxylic acids is 2. The molecule has 2 atom stereocenters. The second-order valence-electron chi connectivity index (χ2n) is 8.36. The van der Waals surface area contributed by atoms with Crippen LogP contribution in [0.25, 0.3) is 0 Å². The molecule has 0 spiro atoms. The first-order chi connectivity index (χ1) is 14.1. The summed E-state index contributed by atoms with van der Waals surface area (Å²) in [5, 5.41) is 5.57. The zero-order valence-corrected chi connectivity index (χ0v) is 18.6. The lowest BCUT2D eigenvalue weighted by Gasteiger charge is -2.27. The van der Waals surface area contributed by atoms with Gasteiger partial charge in [0.1, 0.15) is 11.6 Å². The van der Waals surface area contributed by atoms with Crippen LogP contribution in [-0.2, 0) is 20.9 Å². The smallest absolute Gasteiger partial charge is 0.408 e. The fraction of sp³-hybridized carbons (Fsp3) is 0.417. The number of alkyl carbamates (subject to hydrolysis) is 1. The van der Waals surface area contributed by atoms with E-state index in [2.05, 4.69) is 10.6 Å². The van der Waals surface area contributed by atoms with Gasteiger partial charge >= 0.3 is 6.09 Å². The normalized spacial score (nSPS) is 13.3. The van der Waals surface area contributed by atoms with E-state index < -0.39 is 23.8 Å². The molecular weight excluding hydrogens is 380 g/mol. The first-order valence-electron chi connectivity index (χ1n) is 10.1. The topological polar surface area (TPSA) is 76.7 Å². The Morgan fingerprint density at radius 2 is 1.67 bits per heavy atom. The van der Waals surface area contributed by atoms with Crippen molar-refractivity contribution in [1.29, 1.82) is 0 Å². The maximum Gasteiger partial charge on any atom is 0.408 e. The van der Waals surface area contributed by atoms with E-state index >= 15 is 0 Å². The summed E-state index contributed by atoms with van der Waals surface area (Å²) >= 11 is 0. The van der Waals surface area contributed by atoms with Gasteiger partial charge in [0.15, 0.2) is 0 Å². The molecule has 2 amide bonds. The number of hydrogen-bond acceptors (Lipinski definition) is 4. The maximum atomic E-state index is 13.1. The quantitative estimate of drug-likeness (QED) is 0.689. The third kappa shape index (κ3) is 7.19. The summed E-state index contributed by atoms with van der Waals surface area (Å²) in [6.45, 7) is 11.3. The zero-order chi connectivity index (χ0) is 22.3. The summed E-state index contributed by atoms with van der Waals surface area (Å²) < 4.78 is 11.2. The van der Waals surface area contributed by atoms with E-state index in [1.165, 1.54) is 0 Å². The Kier molecular flexibility index (Phi) is 8.00. The van der Waals surface area contributed by atoms with E-state index in [0.717, 1.165) is 16.7 Å². The average molecular weight is 413 g/mol. The van der Waals surface area contributed by atoms with Crippen LogP contribution in [-0.4, -0.2) is 29.7 Å². The van der Waals surface area contributed by atoms with Crippen molar-refractivity contribution in [3.05, 3.63) is 65.2 Å². The molecule has 6 heteroatoms. The number of aryl methyl sites for hydroxylation is 1. The van der Waals surface area contributed by atoms with E-state index in [1.807, 2.05) is 62.4 Å². The highest BCUT2D eigenvalue weighted by Gasteiger charge is 2.30. The SMILES string of the molecule is Cc1cccc(NC(=O)[C@H](NC(=O)OC(C)(C)C)[C@H](C)OCc2ccccc2)c1C. The summed E-state index contributed by atoms with van der Waals surface area (Å²) in [4.78, 5) is 25.4. The van der Waals surface area contributed by atoms with Crippen LogP contribution in [0.15, 0.2) is 48.5 Å². The highest BCUT2D eigenvalue weighted by atomic mass is 16.6. The van der Waals surface area contributed by atoms with Gasteiger partial charge in [0.25, 0.3) is 0 Å². The molecule has 2 rings (SSSR count). The Balaban J connectivity index is 2.15. The van der Waals surface area contributed by atoms with Crippen molar-refractivity contribution >= 4 is 17.7 Å². The van der Waals surface area contributed by atoms with Gasteiger partial charge in [0, 0.05) is 5.69 Å². The van der Waals surface area contributed by atoms with Crippen LogP contribution in [0, 0.1) is 13.8 Å². The van der Waals surface area contributed by atoms with Crippen molar-refractivity contribution in [3.63, 3.8) is 0 Å². The number of benzene rings is 2. The molecule has 0 unspecified atom stereocenters. The second-order valence-corrected chi connectivity index (χ2v) is 8.36. The molecule has 30 heavy (non-hydrogen) atoms. The van der Waals surface area contributed by atoms with Crippen molar-refractivity contribution in [2.75, 3.05) is 5.32 Å². The standard InChI is InChI=1S/C24H32N2O4/c1-16-11-10-14-20(17(16)2)25-22(27)21(26-23(28)30-24(4,5)6)18(3)29-15-19-12-8-7-9-13-19/h7-14,18,21H,15H2,1-6H3,(H,25,27)(H,26,28)/t18-,21+/m0/s1. The van der Waals surface area contributed by atoms with Gasteiger partial charge < -0.3 is 20.1 Å². The van der Waals surface area contributed by atoms with Crippen LogP contribution >= 0.6 is 0 Å². The Morgan fingerprint density at radius 3 is 2.30 bits per heavy atom. The Hall–Kier alpha value is -2.86. The molecule has 0 radical (unpaired) electrons. The number of amides is 2. The molecule has 0 aliphatic carbocycles. The minimum Gasteiger partial charge on any atom is -0.444 e. The second kappa shape index (κ2) is 10.3. The fourth-order valence-corrected chi connectivity index (χ4v) is 2.83. The van der Waals surface area contributed by atoms with Gasteiger partial charge in [-0.2, -0.15) is 0 Å². The monoisotopic (exact) mass is 412 g/mol. The number of rotatable bonds is 7. The Morgan fingerprint density at radius 1 is 1.00 bits per heavy atom. The van der Waals surface area contributed by atoms with Crippen LogP contribution in [0.3, 0.4) is 0 Å². The van der Waals surface area contributed by atoms with Gasteiger partial charge in [-0.25, -0.2) is 4.79 Å². The minimum atomic E-state index is -0.927. The predicted octanol–water partition coefficient (Wildman–Crippen LogP) is 4.74. The third-order valence-electron chi connectivity index (χ3n) is 4.64. The lowest BCUT2D eigenvalue weighted by Crippen LogP contribution is -2.52. The number of anilines is 1. The molecule has 0 aromatic heterocycles. The van der Waals surface area contributed by atoms with Crippen molar-refractivity contribution < 1.29 is 19.1 Å². The van der Waals surface area contributed by atoms with E-state index in [4.69, 9.17) is 9.47 Å². The minimum absolute atomic E-state index is 0.325. The fourth-order valence-electron chi connectivity index (χ4n) is 2.83. The summed E-state index contributed by atoms with van der Waals surface area (Å²) in [5.41, 5.74) is 3.05. The summed E-state index contributed by atoms with van der Waals surface area (Å²) in [6.07, 6.45) is -1.25. The molecule has 162 valence electrons. The highest BCUT2D eigenvalue weighted by molar-refractivity contribution is 5.97. The lowest BCUT2D eigenvalue weighted by atomic mass is 10.1. The predicted molar refractivity (Wildman–Crippen MR) is 118 cm³/mol. The van der Waals surface area contributed by atoms with E-state index in [0.29, 0.717) is 12.3 Å². The molecule has 0 saturated heterocycles. The molecule has 6 nitrogen and oxygen atoms in total. The van der Waals surface area contributed by atoms with Gasteiger partial charge in [-0.1, -0.05) is 42.5 Å². The molecule has 2 aromatic rings. The van der Waals surface area contributed by atoms with Crippen LogP contribution < -0.4 is 10.6 Å². The molecule has 2 N–H and O–H groups in total. The van der Waals surface area contributed by atoms with Gasteiger partial charge in [-0.15, -0.1) is 0 Å². The molecule has 0 fully saturated rings. The zero-order valence-electron chi connectivity index (χ0n) is 18.6. The molecule has 0 aliphatic heterocycles. The van der Waals surface area contributed by atoms with Crippen molar-refractivity contribution in [2.24, 2.45) is 0 Å². The largest absolute Gasteiger partial charge is 0.444 e. The van der Waals surface area contributed by atoms with E-state index in [9.17, 15) is 9.59 Å². The highest BCUT2D eigenvalue weighted by Crippen LogP contribution is 2.19. The first-order valence-corrected chi connectivity index (χ1v) is 10.1. The van der Waals surface area contributed by atoms with E-state index in [-0.39, 0.29) is 5.91 Å². The Labute approximate surface area is 179 Å². The Bertz CT molecular complexity index is 859. The number of ether oxygens (including phenoxy) is 2. The average Bonchev–Trinajstić information content (AvgIpc) is 2.67. The van der Waals surface area contributed by atoms with Gasteiger partial charge in [0.2, 0.25) is 5.91 Å². The van der Waals surface area contributed by atoms with Crippen LogP contribution in [0.2, 0.25) is 0 Å². The van der Waals surface area contributed by atoms with Gasteiger partial charge in [0.05, 0.1) is 12.7 Å². The molecule has 0 heterocycles. The summed E-state index contributed by atoms with van der Waals surface area (Å²) in [5.74, 6) is -0.366. The number of carbonyl (C=O) groups is 2. The van der Waals surface area contributed by atoms with E-state index in [1.54, 1.807) is 27.7 Å². The van der Waals surface area contributed by atoms with Crippen LogP contribution in [0.1, 0.15) is 44.4 Å².